The summed E-state index contributed by atoms with van der Waals surface area (Å²) in [6, 6.07) is -0.0845. The van der Waals surface area contributed by atoms with E-state index in [-0.39, 0.29) is 18.5 Å². The number of likely N-dealkylation sites (N-methyl/N-ethyl adjacent to an activating group) is 1. The van der Waals surface area contributed by atoms with Crippen molar-refractivity contribution in [1.29, 1.82) is 0 Å². The largest absolute Gasteiger partial charge is 0.333 e. The third-order valence-corrected chi connectivity index (χ3v) is 2.35. The maximum Gasteiger partial charge on any atom is 0.240 e. The Morgan fingerprint density at radius 2 is 2.25 bits per heavy atom. The molecular formula is C8H14N2O2. The molecule has 0 radical (unpaired) electrons. The van der Waals surface area contributed by atoms with Crippen molar-refractivity contribution in [2.45, 2.75) is 13.0 Å². The molecule has 0 aliphatic carbocycles. The maximum atomic E-state index is 11.5. The molecule has 0 aromatic carbocycles. The van der Waals surface area contributed by atoms with Crippen molar-refractivity contribution >= 4 is 12.2 Å². The SMILES string of the molecule is CC1C(=O)N(CC=O)CCN1C. The molecule has 0 bridgehead atoms. The number of carbonyl (C=O) groups is 2. The molecule has 1 fully saturated rings. The first-order valence-electron chi connectivity index (χ1n) is 4.09. The fourth-order valence-corrected chi connectivity index (χ4v) is 1.31. The van der Waals surface area contributed by atoms with Crippen LogP contribution >= 0.6 is 0 Å². The van der Waals surface area contributed by atoms with Crippen LogP contribution in [0.1, 0.15) is 6.92 Å². The van der Waals surface area contributed by atoms with Gasteiger partial charge >= 0.3 is 0 Å². The topological polar surface area (TPSA) is 40.6 Å². The highest BCUT2D eigenvalue weighted by Crippen LogP contribution is 2.07. The zero-order valence-electron chi connectivity index (χ0n) is 7.49. The Kier molecular flexibility index (Phi) is 2.81. The van der Waals surface area contributed by atoms with Gasteiger partial charge in [0.2, 0.25) is 5.91 Å². The standard InChI is InChI=1S/C8H14N2O2/c1-7-8(12)10(5-6-11)4-3-9(7)2/h6-7H,3-5H2,1-2H3. The molecule has 0 N–H and O–H groups in total. The van der Waals surface area contributed by atoms with Gasteiger partial charge in [0.15, 0.2) is 0 Å². The van der Waals surface area contributed by atoms with Crippen molar-refractivity contribution < 1.29 is 9.59 Å². The highest BCUT2D eigenvalue weighted by Gasteiger charge is 2.28. The van der Waals surface area contributed by atoms with Crippen LogP contribution in [0.25, 0.3) is 0 Å². The van der Waals surface area contributed by atoms with E-state index in [0.717, 1.165) is 12.8 Å². The molecule has 12 heavy (non-hydrogen) atoms. The first kappa shape index (κ1) is 9.19. The van der Waals surface area contributed by atoms with Crippen molar-refractivity contribution in [3.63, 3.8) is 0 Å². The van der Waals surface area contributed by atoms with E-state index >= 15 is 0 Å². The first-order chi connectivity index (χ1) is 5.66. The second-order valence-corrected chi connectivity index (χ2v) is 3.11. The Morgan fingerprint density at radius 3 is 2.83 bits per heavy atom. The van der Waals surface area contributed by atoms with Gasteiger partial charge in [0, 0.05) is 13.1 Å². The van der Waals surface area contributed by atoms with Crippen LogP contribution in [0.2, 0.25) is 0 Å². The second-order valence-electron chi connectivity index (χ2n) is 3.11. The number of piperazine rings is 1. The minimum atomic E-state index is -0.0845. The summed E-state index contributed by atoms with van der Waals surface area (Å²) in [7, 11) is 1.92. The van der Waals surface area contributed by atoms with Crippen LogP contribution in [0.4, 0.5) is 0 Å². The normalized spacial score (nSPS) is 26.0. The van der Waals surface area contributed by atoms with Gasteiger partial charge in [-0.05, 0) is 14.0 Å². The zero-order chi connectivity index (χ0) is 9.14. The molecule has 1 aliphatic rings. The molecule has 0 spiro atoms. The van der Waals surface area contributed by atoms with Gasteiger partial charge in [-0.2, -0.15) is 0 Å². The van der Waals surface area contributed by atoms with E-state index in [4.69, 9.17) is 0 Å². The summed E-state index contributed by atoms with van der Waals surface area (Å²) in [5, 5.41) is 0. The minimum absolute atomic E-state index is 0.0517. The van der Waals surface area contributed by atoms with Gasteiger partial charge in [0.1, 0.15) is 6.29 Å². The third kappa shape index (κ3) is 1.64. The van der Waals surface area contributed by atoms with Crippen molar-refractivity contribution in [1.82, 2.24) is 9.80 Å². The number of aldehydes is 1. The number of carbonyl (C=O) groups excluding carboxylic acids is 2. The van der Waals surface area contributed by atoms with E-state index in [1.165, 1.54) is 0 Å². The molecule has 1 unspecified atom stereocenters. The highest BCUT2D eigenvalue weighted by atomic mass is 16.2. The Bertz CT molecular complexity index is 193. The Labute approximate surface area is 72.1 Å². The molecule has 1 amide bonds. The molecule has 0 saturated carbocycles. The molecule has 1 aliphatic heterocycles. The lowest BCUT2D eigenvalue weighted by atomic mass is 10.2. The molecular weight excluding hydrogens is 156 g/mol. The van der Waals surface area contributed by atoms with E-state index < -0.39 is 0 Å². The van der Waals surface area contributed by atoms with Crippen LogP contribution in [0, 0.1) is 0 Å². The number of amides is 1. The lowest BCUT2D eigenvalue weighted by Gasteiger charge is -2.35. The van der Waals surface area contributed by atoms with E-state index in [2.05, 4.69) is 0 Å². The molecule has 1 rings (SSSR count). The predicted octanol–water partition coefficient (Wildman–Crippen LogP) is -0.652. The predicted molar refractivity (Wildman–Crippen MR) is 44.7 cm³/mol. The molecule has 4 heteroatoms. The van der Waals surface area contributed by atoms with Gasteiger partial charge in [-0.1, -0.05) is 0 Å². The molecule has 1 atom stereocenters. The Morgan fingerprint density at radius 1 is 1.58 bits per heavy atom. The number of hydrogen-bond acceptors (Lipinski definition) is 3. The summed E-state index contributed by atoms with van der Waals surface area (Å²) in [5.41, 5.74) is 0. The third-order valence-electron chi connectivity index (χ3n) is 2.35. The van der Waals surface area contributed by atoms with Crippen LogP contribution in [0.3, 0.4) is 0 Å². The summed E-state index contributed by atoms with van der Waals surface area (Å²) in [4.78, 5) is 25.2. The molecule has 0 aromatic heterocycles. The zero-order valence-corrected chi connectivity index (χ0v) is 7.49. The Hall–Kier alpha value is -0.900. The average Bonchev–Trinajstić information content (AvgIpc) is 2.07. The van der Waals surface area contributed by atoms with E-state index in [9.17, 15) is 9.59 Å². The summed E-state index contributed by atoms with van der Waals surface area (Å²) in [6.45, 7) is 3.61. The smallest absolute Gasteiger partial charge is 0.240 e. The van der Waals surface area contributed by atoms with Crippen LogP contribution in [-0.2, 0) is 9.59 Å². The van der Waals surface area contributed by atoms with Crippen molar-refractivity contribution in [2.75, 3.05) is 26.7 Å². The van der Waals surface area contributed by atoms with Crippen LogP contribution < -0.4 is 0 Å². The van der Waals surface area contributed by atoms with Crippen LogP contribution in [-0.4, -0.2) is 54.7 Å². The second kappa shape index (κ2) is 3.67. The molecule has 0 aromatic rings. The van der Waals surface area contributed by atoms with Gasteiger partial charge in [-0.15, -0.1) is 0 Å². The highest BCUT2D eigenvalue weighted by molar-refractivity contribution is 5.83. The lowest BCUT2D eigenvalue weighted by Crippen LogP contribution is -2.54. The maximum absolute atomic E-state index is 11.5. The minimum Gasteiger partial charge on any atom is -0.333 e. The summed E-state index contributed by atoms with van der Waals surface area (Å²) < 4.78 is 0. The number of nitrogens with zero attached hydrogens (tertiary/aromatic N) is 2. The first-order valence-corrected chi connectivity index (χ1v) is 4.09. The molecule has 1 heterocycles. The van der Waals surface area contributed by atoms with Crippen molar-refractivity contribution in [2.24, 2.45) is 0 Å². The van der Waals surface area contributed by atoms with Crippen molar-refractivity contribution in [3.05, 3.63) is 0 Å². The van der Waals surface area contributed by atoms with Gasteiger partial charge in [0.25, 0.3) is 0 Å². The van der Waals surface area contributed by atoms with Gasteiger partial charge < -0.3 is 9.69 Å². The van der Waals surface area contributed by atoms with Crippen molar-refractivity contribution in [3.8, 4) is 0 Å². The average molecular weight is 170 g/mol. The molecule has 4 nitrogen and oxygen atoms in total. The van der Waals surface area contributed by atoms with Crippen LogP contribution in [0.15, 0.2) is 0 Å². The van der Waals surface area contributed by atoms with E-state index in [0.29, 0.717) is 6.54 Å². The summed E-state index contributed by atoms with van der Waals surface area (Å²) >= 11 is 0. The monoisotopic (exact) mass is 170 g/mol. The Balaban J connectivity index is 2.58. The molecule has 68 valence electrons. The summed E-state index contributed by atoms with van der Waals surface area (Å²) in [6.07, 6.45) is 0.774. The fourth-order valence-electron chi connectivity index (χ4n) is 1.31. The van der Waals surface area contributed by atoms with E-state index in [1.807, 2.05) is 18.9 Å². The van der Waals surface area contributed by atoms with Gasteiger partial charge in [-0.3, -0.25) is 9.69 Å². The number of rotatable bonds is 2. The summed E-state index contributed by atoms with van der Waals surface area (Å²) in [5.74, 6) is 0.0517. The number of hydrogen-bond donors (Lipinski definition) is 0. The quantitative estimate of drug-likeness (QED) is 0.517. The van der Waals surface area contributed by atoms with Crippen LogP contribution in [0.5, 0.6) is 0 Å². The fraction of sp³-hybridized carbons (Fsp3) is 0.750. The van der Waals surface area contributed by atoms with Gasteiger partial charge in [-0.25, -0.2) is 0 Å². The van der Waals surface area contributed by atoms with Gasteiger partial charge in [0.05, 0.1) is 12.6 Å². The molecule has 1 saturated heterocycles. The lowest BCUT2D eigenvalue weighted by molar-refractivity contribution is -0.141. The van der Waals surface area contributed by atoms with E-state index in [1.54, 1.807) is 4.90 Å².